The maximum Gasteiger partial charge on any atom is 0.0576 e. The first-order chi connectivity index (χ1) is 9.74. The Kier molecular flexibility index (Phi) is 5.45. The topological polar surface area (TPSA) is 20.2 Å². The number of aliphatic hydroxyl groups is 1. The fraction of sp³-hybridized carbons (Fsp3) is 1.00. The lowest BCUT2D eigenvalue weighted by atomic mass is 9.54. The maximum atomic E-state index is 10.7. The molecule has 0 bridgehead atoms. The summed E-state index contributed by atoms with van der Waals surface area (Å²) in [5, 5.41) is 10.7. The van der Waals surface area contributed by atoms with Crippen LogP contribution < -0.4 is 0 Å². The molecular weight excluding hydrogens is 256 g/mol. The Morgan fingerprint density at radius 1 is 0.952 bits per heavy atom. The third kappa shape index (κ3) is 3.66. The van der Waals surface area contributed by atoms with E-state index in [0.717, 1.165) is 30.1 Å². The van der Waals surface area contributed by atoms with Crippen molar-refractivity contribution in [3.8, 4) is 0 Å². The monoisotopic (exact) mass is 294 g/mol. The summed E-state index contributed by atoms with van der Waals surface area (Å²) in [7, 11) is 0. The van der Waals surface area contributed by atoms with Crippen molar-refractivity contribution in [3.05, 3.63) is 0 Å². The van der Waals surface area contributed by atoms with Gasteiger partial charge in [-0.05, 0) is 73.0 Å². The van der Waals surface area contributed by atoms with Crippen molar-refractivity contribution in [3.63, 3.8) is 0 Å². The Morgan fingerprint density at radius 3 is 2.10 bits per heavy atom. The standard InChI is InChI=1S/C20H38O/c1-13(2)16-8-7-15(5)11-18(16)20(6)10-9-17(14(3)4)19(21)12-20/h13-19,21H,7-12H2,1-6H3/t15?,16?,17-,18?,19+,20+/m0/s1. The van der Waals surface area contributed by atoms with Gasteiger partial charge >= 0.3 is 0 Å². The van der Waals surface area contributed by atoms with Gasteiger partial charge in [0.25, 0.3) is 0 Å². The number of aliphatic hydroxyl groups excluding tert-OH is 1. The lowest BCUT2D eigenvalue weighted by Crippen LogP contribution is -2.46. The average Bonchev–Trinajstić information content (AvgIpc) is 2.37. The summed E-state index contributed by atoms with van der Waals surface area (Å²) in [4.78, 5) is 0. The Hall–Kier alpha value is -0.0400. The third-order valence-electron chi connectivity index (χ3n) is 6.99. The molecule has 0 spiro atoms. The zero-order chi connectivity index (χ0) is 15.8. The summed E-state index contributed by atoms with van der Waals surface area (Å²) in [6.07, 6.45) is 7.72. The summed E-state index contributed by atoms with van der Waals surface area (Å²) in [5.41, 5.74) is 0.369. The molecule has 0 aromatic heterocycles. The Bertz CT molecular complexity index is 335. The minimum absolute atomic E-state index is 0.0752. The van der Waals surface area contributed by atoms with Gasteiger partial charge in [0.2, 0.25) is 0 Å². The second-order valence-corrected chi connectivity index (χ2v) is 9.30. The average molecular weight is 295 g/mol. The summed E-state index contributed by atoms with van der Waals surface area (Å²) in [6.45, 7) is 14.3. The maximum absolute atomic E-state index is 10.7. The van der Waals surface area contributed by atoms with E-state index in [9.17, 15) is 5.11 Å². The van der Waals surface area contributed by atoms with Crippen LogP contribution in [0, 0.1) is 40.9 Å². The van der Waals surface area contributed by atoms with Gasteiger partial charge in [0.1, 0.15) is 0 Å². The van der Waals surface area contributed by atoms with Crippen LogP contribution in [-0.4, -0.2) is 11.2 Å². The molecule has 6 atom stereocenters. The van der Waals surface area contributed by atoms with Crippen LogP contribution in [0.4, 0.5) is 0 Å². The van der Waals surface area contributed by atoms with Crippen molar-refractivity contribution < 1.29 is 5.11 Å². The van der Waals surface area contributed by atoms with E-state index in [1.54, 1.807) is 0 Å². The van der Waals surface area contributed by atoms with Gasteiger partial charge in [-0.25, -0.2) is 0 Å². The first-order valence-corrected chi connectivity index (χ1v) is 9.42. The highest BCUT2D eigenvalue weighted by molar-refractivity contribution is 4.97. The summed E-state index contributed by atoms with van der Waals surface area (Å²) < 4.78 is 0. The Morgan fingerprint density at radius 2 is 1.57 bits per heavy atom. The van der Waals surface area contributed by atoms with Gasteiger partial charge in [0, 0.05) is 0 Å². The van der Waals surface area contributed by atoms with Crippen molar-refractivity contribution in [2.24, 2.45) is 40.9 Å². The molecule has 21 heavy (non-hydrogen) atoms. The molecular formula is C20H38O. The second kappa shape index (κ2) is 6.60. The minimum Gasteiger partial charge on any atom is -0.393 e. The lowest BCUT2D eigenvalue weighted by molar-refractivity contribution is -0.0680. The van der Waals surface area contributed by atoms with E-state index in [1.807, 2.05) is 0 Å². The molecule has 1 nitrogen and oxygen atoms in total. The van der Waals surface area contributed by atoms with Crippen LogP contribution in [0.15, 0.2) is 0 Å². The quantitative estimate of drug-likeness (QED) is 0.727. The SMILES string of the molecule is CC1CCC(C(C)C)C([C@]2(C)CC[C@@H](C(C)C)[C@H](O)C2)C1. The van der Waals surface area contributed by atoms with Crippen molar-refractivity contribution in [2.45, 2.75) is 86.2 Å². The van der Waals surface area contributed by atoms with Gasteiger partial charge in [-0.2, -0.15) is 0 Å². The molecule has 1 heteroatoms. The van der Waals surface area contributed by atoms with E-state index >= 15 is 0 Å². The van der Waals surface area contributed by atoms with E-state index < -0.39 is 0 Å². The van der Waals surface area contributed by atoms with Crippen LogP contribution in [0.25, 0.3) is 0 Å². The molecule has 0 amide bonds. The number of hydrogen-bond acceptors (Lipinski definition) is 1. The highest BCUT2D eigenvalue weighted by Gasteiger charge is 2.47. The van der Waals surface area contributed by atoms with Gasteiger partial charge in [0.15, 0.2) is 0 Å². The molecule has 0 saturated heterocycles. The van der Waals surface area contributed by atoms with Crippen LogP contribution >= 0.6 is 0 Å². The highest BCUT2D eigenvalue weighted by atomic mass is 16.3. The van der Waals surface area contributed by atoms with Gasteiger partial charge < -0.3 is 5.11 Å². The molecule has 0 radical (unpaired) electrons. The van der Waals surface area contributed by atoms with Gasteiger partial charge in [0.05, 0.1) is 6.10 Å². The van der Waals surface area contributed by atoms with Crippen molar-refractivity contribution in [1.29, 1.82) is 0 Å². The van der Waals surface area contributed by atoms with Crippen molar-refractivity contribution in [1.82, 2.24) is 0 Å². The summed E-state index contributed by atoms with van der Waals surface area (Å²) in [6, 6.07) is 0. The number of rotatable bonds is 3. The van der Waals surface area contributed by atoms with E-state index in [2.05, 4.69) is 41.5 Å². The smallest absolute Gasteiger partial charge is 0.0576 e. The predicted octanol–water partition coefficient (Wildman–Crippen LogP) is 5.52. The summed E-state index contributed by atoms with van der Waals surface area (Å²) >= 11 is 0. The van der Waals surface area contributed by atoms with E-state index in [1.165, 1.54) is 32.1 Å². The molecule has 0 aromatic carbocycles. The summed E-state index contributed by atoms with van der Waals surface area (Å²) in [5.74, 6) is 4.51. The first kappa shape index (κ1) is 17.3. The molecule has 2 saturated carbocycles. The molecule has 2 fully saturated rings. The zero-order valence-electron chi connectivity index (χ0n) is 15.2. The highest BCUT2D eigenvalue weighted by Crippen LogP contribution is 2.54. The van der Waals surface area contributed by atoms with Gasteiger partial charge in [-0.1, -0.05) is 48.0 Å². The molecule has 3 unspecified atom stereocenters. The normalized spacial score (nSPS) is 45.3. The van der Waals surface area contributed by atoms with Crippen LogP contribution in [0.5, 0.6) is 0 Å². The minimum atomic E-state index is -0.0752. The van der Waals surface area contributed by atoms with E-state index in [4.69, 9.17) is 0 Å². The molecule has 2 rings (SSSR count). The molecule has 0 heterocycles. The molecule has 1 N–H and O–H groups in total. The molecule has 0 aliphatic heterocycles. The van der Waals surface area contributed by atoms with E-state index in [0.29, 0.717) is 17.3 Å². The van der Waals surface area contributed by atoms with Gasteiger partial charge in [-0.3, -0.25) is 0 Å². The zero-order valence-corrected chi connectivity index (χ0v) is 15.2. The largest absolute Gasteiger partial charge is 0.393 e. The molecule has 0 aromatic rings. The van der Waals surface area contributed by atoms with Crippen LogP contribution in [-0.2, 0) is 0 Å². The van der Waals surface area contributed by atoms with E-state index in [-0.39, 0.29) is 6.10 Å². The van der Waals surface area contributed by atoms with Crippen LogP contribution in [0.2, 0.25) is 0 Å². The Balaban J connectivity index is 2.14. The third-order valence-corrected chi connectivity index (χ3v) is 6.99. The fourth-order valence-electron chi connectivity index (χ4n) is 5.54. The van der Waals surface area contributed by atoms with Crippen LogP contribution in [0.1, 0.15) is 80.1 Å². The van der Waals surface area contributed by atoms with Crippen molar-refractivity contribution >= 4 is 0 Å². The first-order valence-electron chi connectivity index (χ1n) is 9.42. The fourth-order valence-corrected chi connectivity index (χ4v) is 5.54. The van der Waals surface area contributed by atoms with Gasteiger partial charge in [-0.15, -0.1) is 0 Å². The number of hydrogen-bond donors (Lipinski definition) is 1. The lowest BCUT2D eigenvalue weighted by Gasteiger charge is -2.52. The van der Waals surface area contributed by atoms with Crippen molar-refractivity contribution in [2.75, 3.05) is 0 Å². The molecule has 124 valence electrons. The Labute approximate surface area is 132 Å². The molecule has 2 aliphatic carbocycles. The second-order valence-electron chi connectivity index (χ2n) is 9.30. The van der Waals surface area contributed by atoms with Crippen LogP contribution in [0.3, 0.4) is 0 Å². The molecule has 2 aliphatic rings. The predicted molar refractivity (Wildman–Crippen MR) is 91.1 cm³/mol.